The van der Waals surface area contributed by atoms with Crippen LogP contribution in [0.2, 0.25) is 0 Å². The van der Waals surface area contributed by atoms with Gasteiger partial charge in [0.05, 0.1) is 11.4 Å². The number of hydrogen-bond donors (Lipinski definition) is 2. The Balaban J connectivity index is 0.00000225. The number of thioether (sulfide) groups is 1. The van der Waals surface area contributed by atoms with E-state index in [4.69, 9.17) is 0 Å². The molecule has 3 heterocycles. The van der Waals surface area contributed by atoms with Crippen molar-refractivity contribution < 1.29 is 4.79 Å². The minimum absolute atomic E-state index is 0. The zero-order valence-corrected chi connectivity index (χ0v) is 16.2. The Bertz CT molecular complexity index is 745. The molecule has 0 atom stereocenters. The van der Waals surface area contributed by atoms with Crippen molar-refractivity contribution in [2.75, 3.05) is 45.0 Å². The van der Waals surface area contributed by atoms with Crippen LogP contribution in [0.1, 0.15) is 5.69 Å². The molecule has 0 aromatic carbocycles. The van der Waals surface area contributed by atoms with Crippen LogP contribution in [0.5, 0.6) is 0 Å². The van der Waals surface area contributed by atoms with Gasteiger partial charge in [-0.3, -0.25) is 18.9 Å². The first-order chi connectivity index (χ1) is 11.7. The van der Waals surface area contributed by atoms with E-state index in [0.29, 0.717) is 23.0 Å². The van der Waals surface area contributed by atoms with Crippen LogP contribution in [0.3, 0.4) is 0 Å². The van der Waals surface area contributed by atoms with E-state index in [9.17, 15) is 9.59 Å². The van der Waals surface area contributed by atoms with Crippen LogP contribution >= 0.6 is 35.5 Å². The van der Waals surface area contributed by atoms with Crippen molar-refractivity contribution in [1.29, 1.82) is 0 Å². The Morgan fingerprint density at radius 2 is 2.20 bits per heavy atom. The number of nitrogens with zero attached hydrogens (tertiary/aromatic N) is 3. The number of carbonyl (C=O) groups is 1. The van der Waals surface area contributed by atoms with Gasteiger partial charge in [0.15, 0.2) is 4.96 Å². The molecular formula is C15H22ClN5O2S2. The standard InChI is InChI=1S/C15H21N5O2S2.ClH/c21-13(17-3-6-19-4-1-16-2-5-19)11-23-10-12-9-14(22)20-7-8-24-15(20)18-12;/h7-9,16H,1-6,10-11H2,(H,17,21);1H. The molecule has 25 heavy (non-hydrogen) atoms. The first kappa shape index (κ1) is 20.2. The van der Waals surface area contributed by atoms with E-state index in [-0.39, 0.29) is 23.9 Å². The summed E-state index contributed by atoms with van der Waals surface area (Å²) in [6.45, 7) is 5.69. The normalized spacial score (nSPS) is 15.0. The molecule has 1 fully saturated rings. The molecule has 138 valence electrons. The molecule has 10 heteroatoms. The van der Waals surface area contributed by atoms with E-state index in [2.05, 4.69) is 20.5 Å². The van der Waals surface area contributed by atoms with Crippen LogP contribution < -0.4 is 16.2 Å². The van der Waals surface area contributed by atoms with Crippen molar-refractivity contribution in [3.8, 4) is 0 Å². The van der Waals surface area contributed by atoms with Crippen molar-refractivity contribution in [3.05, 3.63) is 33.7 Å². The van der Waals surface area contributed by atoms with Gasteiger partial charge < -0.3 is 10.6 Å². The summed E-state index contributed by atoms with van der Waals surface area (Å²) in [6, 6.07) is 1.54. The molecular weight excluding hydrogens is 382 g/mol. The highest BCUT2D eigenvalue weighted by Gasteiger charge is 2.10. The minimum atomic E-state index is -0.0719. The first-order valence-electron chi connectivity index (χ1n) is 7.96. The van der Waals surface area contributed by atoms with E-state index >= 15 is 0 Å². The molecule has 1 aliphatic rings. The summed E-state index contributed by atoms with van der Waals surface area (Å²) in [7, 11) is 0. The van der Waals surface area contributed by atoms with Gasteiger partial charge in [-0.25, -0.2) is 4.98 Å². The molecule has 0 radical (unpaired) electrons. The maximum Gasteiger partial charge on any atom is 0.258 e. The zero-order chi connectivity index (χ0) is 16.8. The molecule has 0 spiro atoms. The number of thiazole rings is 1. The highest BCUT2D eigenvalue weighted by molar-refractivity contribution is 7.99. The molecule has 0 saturated carbocycles. The summed E-state index contributed by atoms with van der Waals surface area (Å²) < 4.78 is 1.53. The first-order valence-corrected chi connectivity index (χ1v) is 9.99. The predicted molar refractivity (Wildman–Crippen MR) is 105 cm³/mol. The highest BCUT2D eigenvalue weighted by Crippen LogP contribution is 2.12. The second-order valence-corrected chi connectivity index (χ2v) is 7.43. The number of aromatic nitrogens is 2. The lowest BCUT2D eigenvalue weighted by molar-refractivity contribution is -0.118. The van der Waals surface area contributed by atoms with E-state index in [1.807, 2.05) is 5.38 Å². The fourth-order valence-electron chi connectivity index (χ4n) is 2.55. The molecule has 3 rings (SSSR count). The third-order valence-electron chi connectivity index (χ3n) is 3.80. The Kier molecular flexibility index (Phi) is 8.17. The van der Waals surface area contributed by atoms with E-state index < -0.39 is 0 Å². The Morgan fingerprint density at radius 1 is 1.40 bits per heavy atom. The van der Waals surface area contributed by atoms with Gasteiger partial charge in [0.2, 0.25) is 5.91 Å². The quantitative estimate of drug-likeness (QED) is 0.698. The van der Waals surface area contributed by atoms with E-state index in [1.165, 1.54) is 33.6 Å². The summed E-state index contributed by atoms with van der Waals surface area (Å²) in [5.41, 5.74) is 0.651. The smallest absolute Gasteiger partial charge is 0.258 e. The van der Waals surface area contributed by atoms with Gasteiger partial charge in [-0.2, -0.15) is 0 Å². The SMILES string of the molecule is Cl.O=C(CSCc1cc(=O)n2ccsc2n1)NCCN1CCNCC1. The number of amides is 1. The number of halogens is 1. The van der Waals surface area contributed by atoms with Gasteiger partial charge in [-0.05, 0) is 0 Å². The van der Waals surface area contributed by atoms with Crippen LogP contribution in [-0.2, 0) is 10.5 Å². The average molecular weight is 404 g/mol. The molecule has 0 bridgehead atoms. The minimum Gasteiger partial charge on any atom is -0.354 e. The summed E-state index contributed by atoms with van der Waals surface area (Å²) in [5.74, 6) is 0.978. The second-order valence-electron chi connectivity index (χ2n) is 5.58. The number of rotatable bonds is 7. The molecule has 1 amide bonds. The lowest BCUT2D eigenvalue weighted by Crippen LogP contribution is -2.46. The molecule has 2 aromatic rings. The fraction of sp³-hybridized carbons (Fsp3) is 0.533. The van der Waals surface area contributed by atoms with Crippen molar-refractivity contribution in [3.63, 3.8) is 0 Å². The van der Waals surface area contributed by atoms with Crippen LogP contribution in [0.15, 0.2) is 22.4 Å². The lowest BCUT2D eigenvalue weighted by atomic mass is 10.3. The van der Waals surface area contributed by atoms with Crippen LogP contribution in [0, 0.1) is 0 Å². The lowest BCUT2D eigenvalue weighted by Gasteiger charge is -2.27. The number of nitrogens with one attached hydrogen (secondary N) is 2. The topological polar surface area (TPSA) is 78.7 Å². The fourth-order valence-corrected chi connectivity index (χ4v) is 4.03. The zero-order valence-electron chi connectivity index (χ0n) is 13.8. The maximum atomic E-state index is 11.9. The van der Waals surface area contributed by atoms with E-state index in [1.54, 1.807) is 6.20 Å². The summed E-state index contributed by atoms with van der Waals surface area (Å²) >= 11 is 2.91. The van der Waals surface area contributed by atoms with Crippen LogP contribution in [0.4, 0.5) is 0 Å². The molecule has 2 aromatic heterocycles. The molecule has 1 aliphatic heterocycles. The Morgan fingerprint density at radius 3 is 3.00 bits per heavy atom. The third kappa shape index (κ3) is 5.96. The maximum absolute atomic E-state index is 11.9. The van der Waals surface area contributed by atoms with Gasteiger partial charge in [0.25, 0.3) is 5.56 Å². The molecule has 0 aliphatic carbocycles. The van der Waals surface area contributed by atoms with Crippen molar-refractivity contribution >= 4 is 46.4 Å². The molecule has 2 N–H and O–H groups in total. The van der Waals surface area contributed by atoms with Gasteiger partial charge in [-0.1, -0.05) is 0 Å². The van der Waals surface area contributed by atoms with Crippen molar-refractivity contribution in [2.45, 2.75) is 5.75 Å². The summed E-state index contributed by atoms with van der Waals surface area (Å²) in [4.78, 5) is 31.2. The largest absolute Gasteiger partial charge is 0.354 e. The average Bonchev–Trinajstić information content (AvgIpc) is 3.05. The number of hydrogen-bond acceptors (Lipinski definition) is 7. The second kappa shape index (κ2) is 10.1. The summed E-state index contributed by atoms with van der Waals surface area (Å²) in [6.07, 6.45) is 1.72. The Hall–Kier alpha value is -1.13. The number of carbonyl (C=O) groups excluding carboxylic acids is 1. The van der Waals surface area contributed by atoms with Gasteiger partial charge in [-0.15, -0.1) is 35.5 Å². The molecule has 7 nitrogen and oxygen atoms in total. The van der Waals surface area contributed by atoms with Crippen LogP contribution in [0.25, 0.3) is 4.96 Å². The number of piperazine rings is 1. The van der Waals surface area contributed by atoms with Gasteiger partial charge >= 0.3 is 0 Å². The predicted octanol–water partition coefficient (Wildman–Crippen LogP) is 0.432. The highest BCUT2D eigenvalue weighted by atomic mass is 35.5. The van der Waals surface area contributed by atoms with Gasteiger partial charge in [0.1, 0.15) is 0 Å². The van der Waals surface area contributed by atoms with Gasteiger partial charge in [0, 0.05) is 62.7 Å². The Labute approximate surface area is 160 Å². The number of fused-ring (bicyclic) bond motifs is 1. The van der Waals surface area contributed by atoms with Crippen molar-refractivity contribution in [1.82, 2.24) is 24.9 Å². The van der Waals surface area contributed by atoms with E-state index in [0.717, 1.165) is 38.4 Å². The molecule has 1 saturated heterocycles. The van der Waals surface area contributed by atoms with Crippen LogP contribution in [-0.4, -0.2) is 65.2 Å². The monoisotopic (exact) mass is 403 g/mol. The molecule has 0 unspecified atom stereocenters. The third-order valence-corrected chi connectivity index (χ3v) is 5.52. The van der Waals surface area contributed by atoms with Crippen molar-refractivity contribution in [2.24, 2.45) is 0 Å². The summed E-state index contributed by atoms with van der Waals surface area (Å²) in [5, 5.41) is 8.10.